The lowest BCUT2D eigenvalue weighted by Gasteiger charge is -2.23. The van der Waals surface area contributed by atoms with Crippen LogP contribution >= 0.6 is 0 Å². The molecule has 0 aliphatic rings. The average molecular weight is 214 g/mol. The molecule has 0 saturated heterocycles. The van der Waals surface area contributed by atoms with E-state index in [1.54, 1.807) is 0 Å². The second kappa shape index (κ2) is 4.26. The highest BCUT2D eigenvalue weighted by molar-refractivity contribution is 5.82. The van der Waals surface area contributed by atoms with Crippen molar-refractivity contribution in [2.45, 2.75) is 6.42 Å². The first-order valence-electron chi connectivity index (χ1n) is 5.83. The zero-order valence-corrected chi connectivity index (χ0v) is 10.4. The standard InChI is InChI=1S/C15H20N/c1-16(2,3)11-10-13-8-9-14-6-4-5-7-15(14)12-13/h4-9,12H,10-11H2,1-3H3/q+1. The largest absolute Gasteiger partial charge is 0.331 e. The van der Waals surface area contributed by atoms with Crippen LogP contribution in [0.15, 0.2) is 42.5 Å². The molecule has 2 aromatic rings. The first kappa shape index (κ1) is 11.2. The van der Waals surface area contributed by atoms with E-state index in [0.29, 0.717) is 0 Å². The second-order valence-corrected chi connectivity index (χ2v) is 5.45. The average Bonchev–Trinajstić information content (AvgIpc) is 2.25. The van der Waals surface area contributed by atoms with Crippen LogP contribution in [0.2, 0.25) is 0 Å². The number of hydrogen-bond donors (Lipinski definition) is 0. The maximum absolute atomic E-state index is 2.31. The highest BCUT2D eigenvalue weighted by atomic mass is 15.3. The molecule has 0 saturated carbocycles. The SMILES string of the molecule is C[N+](C)(C)CCc1ccc2ccccc2c1. The van der Waals surface area contributed by atoms with Crippen molar-refractivity contribution >= 4 is 10.8 Å². The maximum atomic E-state index is 2.31. The van der Waals surface area contributed by atoms with E-state index in [1.807, 2.05) is 0 Å². The van der Waals surface area contributed by atoms with Crippen molar-refractivity contribution in [1.82, 2.24) is 0 Å². The van der Waals surface area contributed by atoms with Gasteiger partial charge in [-0.25, -0.2) is 0 Å². The van der Waals surface area contributed by atoms with E-state index >= 15 is 0 Å². The predicted octanol–water partition coefficient (Wildman–Crippen LogP) is 3.09. The number of nitrogens with zero attached hydrogens (tertiary/aromatic N) is 1. The molecule has 0 fully saturated rings. The van der Waals surface area contributed by atoms with Gasteiger partial charge in [0.2, 0.25) is 0 Å². The maximum Gasteiger partial charge on any atom is 0.0821 e. The fraction of sp³-hybridized carbons (Fsp3) is 0.333. The van der Waals surface area contributed by atoms with Crippen LogP contribution < -0.4 is 0 Å². The summed E-state index contributed by atoms with van der Waals surface area (Å²) in [5.41, 5.74) is 1.44. The number of fused-ring (bicyclic) bond motifs is 1. The molecule has 0 amide bonds. The van der Waals surface area contributed by atoms with Gasteiger partial charge in [0.1, 0.15) is 0 Å². The van der Waals surface area contributed by atoms with Crippen LogP contribution in [0.25, 0.3) is 10.8 Å². The summed E-state index contributed by atoms with van der Waals surface area (Å²) in [6.07, 6.45) is 1.15. The molecule has 2 rings (SSSR count). The van der Waals surface area contributed by atoms with E-state index in [0.717, 1.165) is 10.9 Å². The fourth-order valence-corrected chi connectivity index (χ4v) is 1.86. The van der Waals surface area contributed by atoms with E-state index in [2.05, 4.69) is 63.6 Å². The third kappa shape index (κ3) is 2.83. The molecule has 0 aromatic heterocycles. The fourth-order valence-electron chi connectivity index (χ4n) is 1.86. The quantitative estimate of drug-likeness (QED) is 0.689. The molecule has 0 atom stereocenters. The van der Waals surface area contributed by atoms with Gasteiger partial charge in [-0.05, 0) is 16.3 Å². The Balaban J connectivity index is 2.20. The molecule has 1 heteroatoms. The second-order valence-electron chi connectivity index (χ2n) is 5.45. The first-order valence-corrected chi connectivity index (χ1v) is 5.83. The van der Waals surface area contributed by atoms with E-state index in [-0.39, 0.29) is 0 Å². The van der Waals surface area contributed by atoms with E-state index in [4.69, 9.17) is 0 Å². The lowest BCUT2D eigenvalue weighted by molar-refractivity contribution is -0.870. The highest BCUT2D eigenvalue weighted by Gasteiger charge is 2.06. The van der Waals surface area contributed by atoms with Crippen molar-refractivity contribution in [3.63, 3.8) is 0 Å². The molecule has 84 valence electrons. The minimum Gasteiger partial charge on any atom is -0.331 e. The van der Waals surface area contributed by atoms with Gasteiger partial charge in [-0.3, -0.25) is 0 Å². The van der Waals surface area contributed by atoms with Crippen LogP contribution in [0.5, 0.6) is 0 Å². The number of quaternary nitrogens is 1. The van der Waals surface area contributed by atoms with Crippen molar-refractivity contribution in [2.75, 3.05) is 27.7 Å². The highest BCUT2D eigenvalue weighted by Crippen LogP contribution is 2.16. The smallest absolute Gasteiger partial charge is 0.0821 e. The van der Waals surface area contributed by atoms with Gasteiger partial charge in [-0.1, -0.05) is 42.5 Å². The molecule has 0 heterocycles. The third-order valence-corrected chi connectivity index (χ3v) is 2.89. The zero-order chi connectivity index (χ0) is 11.6. The van der Waals surface area contributed by atoms with Gasteiger partial charge in [0.15, 0.2) is 0 Å². The van der Waals surface area contributed by atoms with E-state index in [1.165, 1.54) is 22.9 Å². The number of benzene rings is 2. The third-order valence-electron chi connectivity index (χ3n) is 2.89. The van der Waals surface area contributed by atoms with Crippen LogP contribution in [0, 0.1) is 0 Å². The van der Waals surface area contributed by atoms with Crippen molar-refractivity contribution in [1.29, 1.82) is 0 Å². The molecule has 0 radical (unpaired) electrons. The van der Waals surface area contributed by atoms with Gasteiger partial charge in [0, 0.05) is 6.42 Å². The number of likely N-dealkylation sites (N-methyl/N-ethyl adjacent to an activating group) is 1. The minimum atomic E-state index is 1.02. The first-order chi connectivity index (χ1) is 7.54. The van der Waals surface area contributed by atoms with Gasteiger partial charge < -0.3 is 4.48 Å². The van der Waals surface area contributed by atoms with Crippen LogP contribution in [0.1, 0.15) is 5.56 Å². The van der Waals surface area contributed by atoms with Gasteiger partial charge in [0.25, 0.3) is 0 Å². The molecular formula is C15H20N+. The van der Waals surface area contributed by atoms with Crippen molar-refractivity contribution < 1.29 is 4.48 Å². The summed E-state index contributed by atoms with van der Waals surface area (Å²) in [7, 11) is 6.71. The Kier molecular flexibility index (Phi) is 2.97. The topological polar surface area (TPSA) is 0 Å². The molecule has 0 N–H and O–H groups in total. The summed E-state index contributed by atoms with van der Waals surface area (Å²) in [5.74, 6) is 0. The molecule has 0 unspecified atom stereocenters. The Bertz CT molecular complexity index is 480. The Hall–Kier alpha value is -1.34. The monoisotopic (exact) mass is 214 g/mol. The van der Waals surface area contributed by atoms with Gasteiger partial charge in [0.05, 0.1) is 27.7 Å². The van der Waals surface area contributed by atoms with Crippen LogP contribution in [-0.4, -0.2) is 32.2 Å². The predicted molar refractivity (Wildman–Crippen MR) is 70.6 cm³/mol. The summed E-state index contributed by atoms with van der Waals surface area (Å²) in [4.78, 5) is 0. The molecule has 1 nitrogen and oxygen atoms in total. The Morgan fingerprint density at radius 1 is 0.875 bits per heavy atom. The Labute approximate surface area is 97.9 Å². The van der Waals surface area contributed by atoms with E-state index in [9.17, 15) is 0 Å². The zero-order valence-electron chi connectivity index (χ0n) is 10.4. The summed E-state index contributed by atoms with van der Waals surface area (Å²) in [5, 5.41) is 2.68. The van der Waals surface area contributed by atoms with Crippen molar-refractivity contribution in [3.8, 4) is 0 Å². The molecule has 0 bridgehead atoms. The van der Waals surface area contributed by atoms with Gasteiger partial charge in [-0.15, -0.1) is 0 Å². The normalized spacial score (nSPS) is 11.9. The summed E-state index contributed by atoms with van der Waals surface area (Å²) >= 11 is 0. The lowest BCUT2D eigenvalue weighted by atomic mass is 10.0. The Morgan fingerprint density at radius 3 is 2.25 bits per heavy atom. The summed E-state index contributed by atoms with van der Waals surface area (Å²) in [6, 6.07) is 15.3. The minimum absolute atomic E-state index is 1.02. The van der Waals surface area contributed by atoms with Crippen molar-refractivity contribution in [3.05, 3.63) is 48.0 Å². The van der Waals surface area contributed by atoms with Crippen molar-refractivity contribution in [2.24, 2.45) is 0 Å². The number of hydrogen-bond acceptors (Lipinski definition) is 0. The van der Waals surface area contributed by atoms with Crippen LogP contribution in [0.4, 0.5) is 0 Å². The van der Waals surface area contributed by atoms with Crippen LogP contribution in [-0.2, 0) is 6.42 Å². The van der Waals surface area contributed by atoms with E-state index < -0.39 is 0 Å². The summed E-state index contributed by atoms with van der Waals surface area (Å²) < 4.78 is 1.02. The molecule has 0 spiro atoms. The number of rotatable bonds is 3. The molecular weight excluding hydrogens is 194 g/mol. The van der Waals surface area contributed by atoms with Gasteiger partial charge >= 0.3 is 0 Å². The van der Waals surface area contributed by atoms with Crippen LogP contribution in [0.3, 0.4) is 0 Å². The molecule has 0 aliphatic heterocycles. The molecule has 0 aliphatic carbocycles. The molecule has 16 heavy (non-hydrogen) atoms. The van der Waals surface area contributed by atoms with Gasteiger partial charge in [-0.2, -0.15) is 0 Å². The summed E-state index contributed by atoms with van der Waals surface area (Å²) in [6.45, 7) is 1.18. The Morgan fingerprint density at radius 2 is 1.56 bits per heavy atom. The molecule has 2 aromatic carbocycles. The lowest BCUT2D eigenvalue weighted by Crippen LogP contribution is -2.36.